The van der Waals surface area contributed by atoms with Crippen LogP contribution < -0.4 is 0 Å². The Kier molecular flexibility index (Phi) is 5.35. The molecule has 0 spiro atoms. The number of ether oxygens (including phenoxy) is 4. The van der Waals surface area contributed by atoms with Crippen LogP contribution in [0.1, 0.15) is 64.2 Å². The number of carbonyl (C=O) groups excluding carboxylic acids is 2. The van der Waals surface area contributed by atoms with Gasteiger partial charge in [0.2, 0.25) is 0 Å². The summed E-state index contributed by atoms with van der Waals surface area (Å²) in [5.74, 6) is -0.266. The Morgan fingerprint density at radius 1 is 0.643 bits per heavy atom. The van der Waals surface area contributed by atoms with Gasteiger partial charge in [-0.15, -0.1) is 0 Å². The van der Waals surface area contributed by atoms with Crippen molar-refractivity contribution in [2.24, 2.45) is 23.7 Å². The minimum Gasteiger partial charge on any atom is -0.465 e. The molecule has 2 heterocycles. The second kappa shape index (κ2) is 7.94. The zero-order valence-corrected chi connectivity index (χ0v) is 16.6. The molecule has 8 atom stereocenters. The number of rotatable bonds is 6. The summed E-state index contributed by atoms with van der Waals surface area (Å²) in [6.45, 7) is 0.933. The van der Waals surface area contributed by atoms with Gasteiger partial charge in [-0.1, -0.05) is 12.8 Å². The van der Waals surface area contributed by atoms with Gasteiger partial charge in [-0.2, -0.15) is 0 Å². The maximum Gasteiger partial charge on any atom is 0.309 e. The van der Waals surface area contributed by atoms with E-state index >= 15 is 0 Å². The highest BCUT2D eigenvalue weighted by Gasteiger charge is 2.45. The Labute approximate surface area is 166 Å². The number of hydrogen-bond donors (Lipinski definition) is 0. The second-order valence-corrected chi connectivity index (χ2v) is 9.54. The van der Waals surface area contributed by atoms with Crippen molar-refractivity contribution >= 4 is 11.9 Å². The third-order valence-electron chi connectivity index (χ3n) is 7.52. The molecule has 28 heavy (non-hydrogen) atoms. The van der Waals surface area contributed by atoms with Crippen LogP contribution >= 0.6 is 0 Å². The number of fused-ring (bicyclic) bond motifs is 2. The molecule has 156 valence electrons. The van der Waals surface area contributed by atoms with Crippen molar-refractivity contribution in [1.82, 2.24) is 0 Å². The zero-order chi connectivity index (χ0) is 19.1. The standard InChI is InChI=1S/C22H32O6/c23-21(25-11-13-5-7-17-19(9-13)27-17)15-3-1-2-4-16(15)22(24)26-12-14-6-8-18-20(10-14)28-18/h13-20H,1-12H2. The lowest BCUT2D eigenvalue weighted by Gasteiger charge is -2.29. The van der Waals surface area contributed by atoms with E-state index in [2.05, 4.69) is 0 Å². The third kappa shape index (κ3) is 4.23. The number of hydrogen-bond acceptors (Lipinski definition) is 6. The Morgan fingerprint density at radius 3 is 1.54 bits per heavy atom. The van der Waals surface area contributed by atoms with Crippen LogP contribution in [0.25, 0.3) is 0 Å². The summed E-state index contributed by atoms with van der Waals surface area (Å²) in [6.07, 6.45) is 11.4. The first kappa shape index (κ1) is 18.9. The molecule has 3 aliphatic carbocycles. The predicted octanol–water partition coefficient (Wildman–Crippen LogP) is 3.01. The molecule has 5 aliphatic rings. The Hall–Kier alpha value is -1.14. The van der Waals surface area contributed by atoms with E-state index in [1.165, 1.54) is 0 Å². The van der Waals surface area contributed by atoms with Gasteiger partial charge in [0.25, 0.3) is 0 Å². The molecule has 0 aromatic heterocycles. The molecule has 0 bridgehead atoms. The molecule has 0 amide bonds. The molecule has 3 saturated carbocycles. The highest BCUT2D eigenvalue weighted by Crippen LogP contribution is 2.41. The monoisotopic (exact) mass is 392 g/mol. The molecule has 6 nitrogen and oxygen atoms in total. The van der Waals surface area contributed by atoms with E-state index in [9.17, 15) is 9.59 Å². The summed E-state index contributed by atoms with van der Waals surface area (Å²) in [6, 6.07) is 0. The lowest BCUT2D eigenvalue weighted by atomic mass is 9.79. The fourth-order valence-corrected chi connectivity index (χ4v) is 5.59. The zero-order valence-electron chi connectivity index (χ0n) is 16.6. The van der Waals surface area contributed by atoms with Crippen LogP contribution in [-0.4, -0.2) is 49.6 Å². The quantitative estimate of drug-likeness (QED) is 0.511. The Balaban J connectivity index is 1.09. The summed E-state index contributed by atoms with van der Waals surface area (Å²) in [5, 5.41) is 0. The molecule has 5 fully saturated rings. The van der Waals surface area contributed by atoms with Gasteiger partial charge in [0.05, 0.1) is 49.5 Å². The molecule has 6 heteroatoms. The highest BCUT2D eigenvalue weighted by molar-refractivity contribution is 5.82. The van der Waals surface area contributed by atoms with Gasteiger partial charge >= 0.3 is 11.9 Å². The molecular formula is C22H32O6. The predicted molar refractivity (Wildman–Crippen MR) is 99.4 cm³/mol. The molecule has 8 unspecified atom stereocenters. The Bertz CT molecular complexity index is 554. The first-order chi connectivity index (χ1) is 13.7. The molecule has 0 aromatic carbocycles. The Morgan fingerprint density at radius 2 is 1.11 bits per heavy atom. The van der Waals surface area contributed by atoms with Gasteiger partial charge in [0.15, 0.2) is 0 Å². The minimum atomic E-state index is -0.336. The fourth-order valence-electron chi connectivity index (χ4n) is 5.59. The van der Waals surface area contributed by atoms with E-state index in [1.807, 2.05) is 0 Å². The third-order valence-corrected chi connectivity index (χ3v) is 7.52. The summed E-state index contributed by atoms with van der Waals surface area (Å²) in [7, 11) is 0. The van der Waals surface area contributed by atoms with Crippen LogP contribution in [0.5, 0.6) is 0 Å². The van der Waals surface area contributed by atoms with Gasteiger partial charge in [0, 0.05) is 0 Å². The van der Waals surface area contributed by atoms with Gasteiger partial charge in [-0.3, -0.25) is 9.59 Å². The molecule has 5 rings (SSSR count). The van der Waals surface area contributed by atoms with Crippen LogP contribution in [0.2, 0.25) is 0 Å². The van der Waals surface area contributed by atoms with E-state index in [0.717, 1.165) is 64.2 Å². The van der Waals surface area contributed by atoms with Gasteiger partial charge in [0.1, 0.15) is 0 Å². The molecule has 0 radical (unpaired) electrons. The average Bonchev–Trinajstić information content (AvgIpc) is 3.64. The normalized spacial score (nSPS) is 44.0. The van der Waals surface area contributed by atoms with Crippen LogP contribution in [0.3, 0.4) is 0 Å². The van der Waals surface area contributed by atoms with E-state index in [0.29, 0.717) is 49.5 Å². The number of epoxide rings is 2. The lowest BCUT2D eigenvalue weighted by Crippen LogP contribution is -2.36. The number of carbonyl (C=O) groups is 2. The van der Waals surface area contributed by atoms with E-state index in [1.54, 1.807) is 0 Å². The first-order valence-corrected chi connectivity index (χ1v) is 11.3. The minimum absolute atomic E-state index is 0.202. The van der Waals surface area contributed by atoms with Crippen molar-refractivity contribution in [3.8, 4) is 0 Å². The van der Waals surface area contributed by atoms with Crippen LogP contribution in [0.4, 0.5) is 0 Å². The van der Waals surface area contributed by atoms with Gasteiger partial charge in [-0.25, -0.2) is 0 Å². The average molecular weight is 392 g/mol. The maximum atomic E-state index is 12.7. The maximum absolute atomic E-state index is 12.7. The summed E-state index contributed by atoms with van der Waals surface area (Å²) in [4.78, 5) is 25.4. The highest BCUT2D eigenvalue weighted by atomic mass is 16.6. The van der Waals surface area contributed by atoms with Crippen molar-refractivity contribution in [3.05, 3.63) is 0 Å². The van der Waals surface area contributed by atoms with Crippen molar-refractivity contribution in [1.29, 1.82) is 0 Å². The summed E-state index contributed by atoms with van der Waals surface area (Å²) >= 11 is 0. The molecular weight excluding hydrogens is 360 g/mol. The van der Waals surface area contributed by atoms with Gasteiger partial charge in [-0.05, 0) is 63.2 Å². The molecule has 0 N–H and O–H groups in total. The molecule has 2 aliphatic heterocycles. The smallest absolute Gasteiger partial charge is 0.309 e. The van der Waals surface area contributed by atoms with Gasteiger partial charge < -0.3 is 18.9 Å². The summed E-state index contributed by atoms with van der Waals surface area (Å²) in [5.41, 5.74) is 0. The van der Waals surface area contributed by atoms with Crippen LogP contribution in [0, 0.1) is 23.7 Å². The summed E-state index contributed by atoms with van der Waals surface area (Å²) < 4.78 is 22.4. The molecule has 0 aromatic rings. The SMILES string of the molecule is O=C(OCC1CCC2OC2C1)C1CCCCC1C(=O)OCC1CCC2OC2C1. The van der Waals surface area contributed by atoms with Crippen LogP contribution in [-0.2, 0) is 28.5 Å². The topological polar surface area (TPSA) is 77.7 Å². The van der Waals surface area contributed by atoms with Crippen molar-refractivity contribution < 1.29 is 28.5 Å². The van der Waals surface area contributed by atoms with E-state index in [-0.39, 0.29) is 23.8 Å². The van der Waals surface area contributed by atoms with E-state index in [4.69, 9.17) is 18.9 Å². The van der Waals surface area contributed by atoms with Crippen LogP contribution in [0.15, 0.2) is 0 Å². The van der Waals surface area contributed by atoms with Crippen molar-refractivity contribution in [2.45, 2.75) is 88.6 Å². The number of esters is 2. The lowest BCUT2D eigenvalue weighted by molar-refractivity contribution is -0.164. The molecule has 2 saturated heterocycles. The van der Waals surface area contributed by atoms with Crippen molar-refractivity contribution in [3.63, 3.8) is 0 Å². The largest absolute Gasteiger partial charge is 0.465 e. The van der Waals surface area contributed by atoms with Crippen molar-refractivity contribution in [2.75, 3.05) is 13.2 Å². The second-order valence-electron chi connectivity index (χ2n) is 9.54. The fraction of sp³-hybridized carbons (Fsp3) is 0.909. The first-order valence-electron chi connectivity index (χ1n) is 11.3. The van der Waals surface area contributed by atoms with E-state index < -0.39 is 0 Å².